The van der Waals surface area contributed by atoms with Gasteiger partial charge in [0.05, 0.1) is 0 Å². The predicted octanol–water partition coefficient (Wildman–Crippen LogP) is 0.892. The summed E-state index contributed by atoms with van der Waals surface area (Å²) in [7, 11) is 0. The fourth-order valence-corrected chi connectivity index (χ4v) is 3.59. The van der Waals surface area contributed by atoms with Crippen LogP contribution in [0.2, 0.25) is 0 Å². The minimum Gasteiger partial charge on any atom is -0.330 e. The highest BCUT2D eigenvalue weighted by molar-refractivity contribution is 4.98. The van der Waals surface area contributed by atoms with Gasteiger partial charge in [-0.25, -0.2) is 0 Å². The van der Waals surface area contributed by atoms with Crippen LogP contribution in [0.25, 0.3) is 0 Å². The van der Waals surface area contributed by atoms with Crippen molar-refractivity contribution in [1.29, 1.82) is 0 Å². The van der Waals surface area contributed by atoms with Gasteiger partial charge in [0.2, 0.25) is 0 Å². The second-order valence-electron chi connectivity index (χ2n) is 6.05. The third-order valence-electron chi connectivity index (χ3n) is 4.78. The van der Waals surface area contributed by atoms with E-state index in [0.717, 1.165) is 30.6 Å². The van der Waals surface area contributed by atoms with Gasteiger partial charge in [0.15, 0.2) is 0 Å². The first-order valence-corrected chi connectivity index (χ1v) is 6.97. The Morgan fingerprint density at radius 2 is 1.94 bits per heavy atom. The maximum Gasteiger partial charge on any atom is 0.0238 e. The zero-order valence-electron chi connectivity index (χ0n) is 10.4. The molecule has 3 aliphatic rings. The molecule has 0 amide bonds. The molecule has 3 unspecified atom stereocenters. The molecule has 1 saturated carbocycles. The quantitative estimate of drug-likeness (QED) is 0.771. The molecule has 0 aromatic carbocycles. The smallest absolute Gasteiger partial charge is 0.0238 e. The molecule has 0 spiro atoms. The van der Waals surface area contributed by atoms with Crippen molar-refractivity contribution in [2.45, 2.75) is 50.7 Å². The molecule has 1 aliphatic carbocycles. The van der Waals surface area contributed by atoms with Crippen molar-refractivity contribution in [1.82, 2.24) is 9.80 Å². The van der Waals surface area contributed by atoms with E-state index in [-0.39, 0.29) is 0 Å². The topological polar surface area (TPSA) is 32.5 Å². The number of hydrogen-bond donors (Lipinski definition) is 1. The van der Waals surface area contributed by atoms with E-state index in [1.54, 1.807) is 0 Å². The number of nitrogens with zero attached hydrogens (tertiary/aromatic N) is 2. The number of rotatable bonds is 3. The van der Waals surface area contributed by atoms with E-state index in [4.69, 9.17) is 5.73 Å². The number of hydrogen-bond acceptors (Lipinski definition) is 3. The summed E-state index contributed by atoms with van der Waals surface area (Å²) >= 11 is 0. The van der Waals surface area contributed by atoms with E-state index in [1.807, 2.05) is 0 Å². The Balaban J connectivity index is 1.56. The maximum atomic E-state index is 5.77. The lowest BCUT2D eigenvalue weighted by molar-refractivity contribution is 0.215. The van der Waals surface area contributed by atoms with Gasteiger partial charge in [0, 0.05) is 31.2 Å². The first kappa shape index (κ1) is 11.0. The highest BCUT2D eigenvalue weighted by Crippen LogP contribution is 2.35. The van der Waals surface area contributed by atoms with Gasteiger partial charge >= 0.3 is 0 Å². The standard InChI is InChI=1S/C13H25N3/c1-10-6-13(9-16(10)12-2-3-12)15-5-4-11(7-14)8-15/h10-13H,2-9,14H2,1H3. The Bertz CT molecular complexity index is 252. The minimum atomic E-state index is 0.769. The summed E-state index contributed by atoms with van der Waals surface area (Å²) < 4.78 is 0. The molecule has 2 heterocycles. The molecule has 3 rings (SSSR count). The largest absolute Gasteiger partial charge is 0.330 e. The molecule has 16 heavy (non-hydrogen) atoms. The van der Waals surface area contributed by atoms with Gasteiger partial charge in [-0.2, -0.15) is 0 Å². The van der Waals surface area contributed by atoms with Crippen LogP contribution in [0.4, 0.5) is 0 Å². The maximum absolute atomic E-state index is 5.77. The molecule has 0 aromatic rings. The third-order valence-corrected chi connectivity index (χ3v) is 4.78. The minimum absolute atomic E-state index is 0.769. The van der Waals surface area contributed by atoms with E-state index < -0.39 is 0 Å². The van der Waals surface area contributed by atoms with Crippen LogP contribution in [-0.4, -0.2) is 54.1 Å². The van der Waals surface area contributed by atoms with Gasteiger partial charge in [0.1, 0.15) is 0 Å². The SMILES string of the molecule is CC1CC(N2CCC(CN)C2)CN1C1CC1. The van der Waals surface area contributed by atoms with E-state index in [1.165, 1.54) is 45.3 Å². The Morgan fingerprint density at radius 3 is 2.56 bits per heavy atom. The molecule has 3 fully saturated rings. The highest BCUT2D eigenvalue weighted by atomic mass is 15.3. The van der Waals surface area contributed by atoms with Crippen molar-refractivity contribution in [2.75, 3.05) is 26.2 Å². The summed E-state index contributed by atoms with van der Waals surface area (Å²) in [6.07, 6.45) is 5.60. The summed E-state index contributed by atoms with van der Waals surface area (Å²) in [6, 6.07) is 2.58. The van der Waals surface area contributed by atoms with E-state index >= 15 is 0 Å². The second kappa shape index (κ2) is 4.28. The number of nitrogens with two attached hydrogens (primary N) is 1. The molecule has 2 aliphatic heterocycles. The van der Waals surface area contributed by atoms with Crippen LogP contribution in [0.15, 0.2) is 0 Å². The first-order valence-electron chi connectivity index (χ1n) is 6.97. The van der Waals surface area contributed by atoms with Crippen molar-refractivity contribution in [2.24, 2.45) is 11.7 Å². The fourth-order valence-electron chi connectivity index (χ4n) is 3.59. The lowest BCUT2D eigenvalue weighted by Gasteiger charge is -2.24. The Morgan fingerprint density at radius 1 is 1.12 bits per heavy atom. The number of likely N-dealkylation sites (tertiary alicyclic amines) is 2. The summed E-state index contributed by atoms with van der Waals surface area (Å²) in [5, 5.41) is 0. The monoisotopic (exact) mass is 223 g/mol. The fraction of sp³-hybridized carbons (Fsp3) is 1.00. The molecule has 2 N–H and O–H groups in total. The third kappa shape index (κ3) is 2.01. The van der Waals surface area contributed by atoms with Gasteiger partial charge in [-0.3, -0.25) is 9.80 Å². The average molecular weight is 223 g/mol. The normalized spacial score (nSPS) is 42.0. The molecule has 2 saturated heterocycles. The predicted molar refractivity (Wildman–Crippen MR) is 66.3 cm³/mol. The van der Waals surface area contributed by atoms with Crippen LogP contribution in [0.3, 0.4) is 0 Å². The molecule has 0 radical (unpaired) electrons. The van der Waals surface area contributed by atoms with Crippen LogP contribution >= 0.6 is 0 Å². The summed E-state index contributed by atoms with van der Waals surface area (Å²) in [6.45, 7) is 7.16. The van der Waals surface area contributed by atoms with Crippen LogP contribution in [-0.2, 0) is 0 Å². The molecular formula is C13H25N3. The van der Waals surface area contributed by atoms with Crippen LogP contribution in [0.5, 0.6) is 0 Å². The molecule has 3 nitrogen and oxygen atoms in total. The van der Waals surface area contributed by atoms with Crippen molar-refractivity contribution < 1.29 is 0 Å². The average Bonchev–Trinajstić information content (AvgIpc) is 2.88. The van der Waals surface area contributed by atoms with Gasteiger partial charge in [-0.1, -0.05) is 0 Å². The van der Waals surface area contributed by atoms with Crippen molar-refractivity contribution in [3.63, 3.8) is 0 Å². The molecule has 3 atom stereocenters. The van der Waals surface area contributed by atoms with E-state index in [9.17, 15) is 0 Å². The van der Waals surface area contributed by atoms with Crippen LogP contribution in [0.1, 0.15) is 32.6 Å². The summed E-state index contributed by atoms with van der Waals surface area (Å²) in [5.74, 6) is 0.769. The van der Waals surface area contributed by atoms with Crippen LogP contribution in [0, 0.1) is 5.92 Å². The first-order chi connectivity index (χ1) is 7.78. The van der Waals surface area contributed by atoms with Gasteiger partial charge in [-0.15, -0.1) is 0 Å². The molecule has 3 heteroatoms. The lowest BCUT2D eigenvalue weighted by Crippen LogP contribution is -2.37. The summed E-state index contributed by atoms with van der Waals surface area (Å²) in [5.41, 5.74) is 5.77. The van der Waals surface area contributed by atoms with Crippen molar-refractivity contribution in [3.05, 3.63) is 0 Å². The van der Waals surface area contributed by atoms with Gasteiger partial charge < -0.3 is 5.73 Å². The van der Waals surface area contributed by atoms with E-state index in [0.29, 0.717) is 0 Å². The zero-order valence-corrected chi connectivity index (χ0v) is 10.4. The molecule has 0 bridgehead atoms. The summed E-state index contributed by atoms with van der Waals surface area (Å²) in [4.78, 5) is 5.46. The molecule has 0 aromatic heterocycles. The Kier molecular flexibility index (Phi) is 2.94. The zero-order chi connectivity index (χ0) is 11.1. The van der Waals surface area contributed by atoms with Crippen molar-refractivity contribution in [3.8, 4) is 0 Å². The Hall–Kier alpha value is -0.120. The van der Waals surface area contributed by atoms with Crippen LogP contribution < -0.4 is 5.73 Å². The highest BCUT2D eigenvalue weighted by Gasteiger charge is 2.41. The lowest BCUT2D eigenvalue weighted by atomic mass is 10.1. The molecule has 92 valence electrons. The van der Waals surface area contributed by atoms with Gasteiger partial charge in [0.25, 0.3) is 0 Å². The molecular weight excluding hydrogens is 198 g/mol. The second-order valence-corrected chi connectivity index (χ2v) is 6.05. The van der Waals surface area contributed by atoms with Gasteiger partial charge in [-0.05, 0) is 51.6 Å². The van der Waals surface area contributed by atoms with E-state index in [2.05, 4.69) is 16.7 Å². The Labute approximate surface area is 99.0 Å². The van der Waals surface area contributed by atoms with Crippen molar-refractivity contribution >= 4 is 0 Å².